The number of likely N-dealkylation sites (tertiary alicyclic amines) is 1. The van der Waals surface area contributed by atoms with E-state index in [9.17, 15) is 0 Å². The van der Waals surface area contributed by atoms with Gasteiger partial charge < -0.3 is 5.73 Å². The summed E-state index contributed by atoms with van der Waals surface area (Å²) in [5.74, 6) is 0. The average molecular weight is 218 g/mol. The highest BCUT2D eigenvalue weighted by atomic mass is 15.2. The lowest BCUT2D eigenvalue weighted by Crippen LogP contribution is -2.24. The first-order chi connectivity index (χ1) is 7.92. The van der Waals surface area contributed by atoms with Gasteiger partial charge in [-0.2, -0.15) is 0 Å². The van der Waals surface area contributed by atoms with E-state index >= 15 is 0 Å². The van der Waals surface area contributed by atoms with E-state index in [1.807, 2.05) is 0 Å². The molecule has 1 heterocycles. The molecule has 2 heteroatoms. The molecule has 2 rings (SSSR count). The van der Waals surface area contributed by atoms with Crippen LogP contribution in [0.1, 0.15) is 37.3 Å². The Kier molecular flexibility index (Phi) is 4.37. The van der Waals surface area contributed by atoms with Gasteiger partial charge in [-0.1, -0.05) is 30.3 Å². The second-order valence-corrected chi connectivity index (χ2v) is 4.60. The van der Waals surface area contributed by atoms with Gasteiger partial charge in [-0.25, -0.2) is 0 Å². The standard InChI is InChI=1S/C14H22N2/c15-10-4-5-11-16-12-6-9-14(16)13-7-2-1-3-8-13/h1-3,7-8,14H,4-6,9-12,15H2. The van der Waals surface area contributed by atoms with Gasteiger partial charge in [0.1, 0.15) is 0 Å². The van der Waals surface area contributed by atoms with Gasteiger partial charge in [0.05, 0.1) is 0 Å². The van der Waals surface area contributed by atoms with E-state index < -0.39 is 0 Å². The molecule has 0 amide bonds. The summed E-state index contributed by atoms with van der Waals surface area (Å²) in [6, 6.07) is 11.5. The molecular formula is C14H22N2. The van der Waals surface area contributed by atoms with Gasteiger partial charge in [0.25, 0.3) is 0 Å². The van der Waals surface area contributed by atoms with Crippen molar-refractivity contribution in [2.75, 3.05) is 19.6 Å². The van der Waals surface area contributed by atoms with Crippen LogP contribution in [-0.4, -0.2) is 24.5 Å². The van der Waals surface area contributed by atoms with Gasteiger partial charge in [-0.05, 0) is 50.9 Å². The topological polar surface area (TPSA) is 29.3 Å². The predicted molar refractivity (Wildman–Crippen MR) is 68.3 cm³/mol. The maximum Gasteiger partial charge on any atom is 0.0348 e. The Labute approximate surface area is 98.4 Å². The number of nitrogens with zero attached hydrogens (tertiary/aromatic N) is 1. The molecular weight excluding hydrogens is 196 g/mol. The first kappa shape index (κ1) is 11.6. The van der Waals surface area contributed by atoms with Crippen LogP contribution in [0.25, 0.3) is 0 Å². The number of hydrogen-bond acceptors (Lipinski definition) is 2. The zero-order valence-electron chi connectivity index (χ0n) is 9.94. The molecule has 1 aromatic rings. The zero-order valence-corrected chi connectivity index (χ0v) is 9.94. The van der Waals surface area contributed by atoms with Crippen molar-refractivity contribution in [3.8, 4) is 0 Å². The smallest absolute Gasteiger partial charge is 0.0348 e. The molecule has 1 aliphatic heterocycles. The normalized spacial score (nSPS) is 21.4. The van der Waals surface area contributed by atoms with Crippen molar-refractivity contribution in [3.63, 3.8) is 0 Å². The quantitative estimate of drug-likeness (QED) is 0.770. The molecule has 16 heavy (non-hydrogen) atoms. The third kappa shape index (κ3) is 2.83. The molecule has 88 valence electrons. The van der Waals surface area contributed by atoms with Gasteiger partial charge >= 0.3 is 0 Å². The van der Waals surface area contributed by atoms with E-state index in [0.717, 1.165) is 13.0 Å². The molecule has 0 bridgehead atoms. The van der Waals surface area contributed by atoms with Crippen LogP contribution in [0.3, 0.4) is 0 Å². The summed E-state index contributed by atoms with van der Waals surface area (Å²) in [5.41, 5.74) is 7.02. The molecule has 0 aliphatic carbocycles. The summed E-state index contributed by atoms with van der Waals surface area (Å²) >= 11 is 0. The second kappa shape index (κ2) is 6.02. The lowest BCUT2D eigenvalue weighted by atomic mass is 10.0. The average Bonchev–Trinajstić information content (AvgIpc) is 2.79. The van der Waals surface area contributed by atoms with E-state index in [1.54, 1.807) is 0 Å². The molecule has 0 saturated carbocycles. The van der Waals surface area contributed by atoms with Crippen molar-refractivity contribution >= 4 is 0 Å². The summed E-state index contributed by atoms with van der Waals surface area (Å²) in [6.07, 6.45) is 5.03. The Balaban J connectivity index is 1.93. The number of nitrogens with two attached hydrogens (primary N) is 1. The molecule has 2 nitrogen and oxygen atoms in total. The number of rotatable bonds is 5. The molecule has 1 fully saturated rings. The minimum Gasteiger partial charge on any atom is -0.330 e. The SMILES string of the molecule is NCCCCN1CCCC1c1ccccc1. The first-order valence-electron chi connectivity index (χ1n) is 6.41. The van der Waals surface area contributed by atoms with Gasteiger partial charge in [-0.15, -0.1) is 0 Å². The van der Waals surface area contributed by atoms with Gasteiger partial charge in [0.2, 0.25) is 0 Å². The summed E-state index contributed by atoms with van der Waals surface area (Å²) < 4.78 is 0. The van der Waals surface area contributed by atoms with E-state index in [-0.39, 0.29) is 0 Å². The molecule has 1 atom stereocenters. The molecule has 1 saturated heterocycles. The number of unbranched alkanes of at least 4 members (excludes halogenated alkanes) is 1. The Morgan fingerprint density at radius 3 is 2.75 bits per heavy atom. The molecule has 0 radical (unpaired) electrons. The fraction of sp³-hybridized carbons (Fsp3) is 0.571. The Hall–Kier alpha value is -0.860. The summed E-state index contributed by atoms with van der Waals surface area (Å²) in [4.78, 5) is 2.62. The Bertz CT molecular complexity index is 297. The van der Waals surface area contributed by atoms with E-state index in [4.69, 9.17) is 5.73 Å². The van der Waals surface area contributed by atoms with Crippen molar-refractivity contribution in [1.29, 1.82) is 0 Å². The summed E-state index contributed by atoms with van der Waals surface area (Å²) in [5, 5.41) is 0. The van der Waals surface area contributed by atoms with Gasteiger partial charge in [0, 0.05) is 6.04 Å². The van der Waals surface area contributed by atoms with Crippen molar-refractivity contribution < 1.29 is 0 Å². The van der Waals surface area contributed by atoms with Crippen LogP contribution in [0, 0.1) is 0 Å². The minimum atomic E-state index is 0.652. The van der Waals surface area contributed by atoms with Crippen LogP contribution < -0.4 is 5.73 Å². The number of benzene rings is 1. The summed E-state index contributed by atoms with van der Waals surface area (Å²) in [6.45, 7) is 3.28. The summed E-state index contributed by atoms with van der Waals surface area (Å²) in [7, 11) is 0. The van der Waals surface area contributed by atoms with Crippen molar-refractivity contribution in [3.05, 3.63) is 35.9 Å². The molecule has 1 aromatic carbocycles. The lowest BCUT2D eigenvalue weighted by molar-refractivity contribution is 0.252. The second-order valence-electron chi connectivity index (χ2n) is 4.60. The van der Waals surface area contributed by atoms with Crippen LogP contribution in [0.4, 0.5) is 0 Å². The third-order valence-corrected chi connectivity index (χ3v) is 3.45. The van der Waals surface area contributed by atoms with Gasteiger partial charge in [0.15, 0.2) is 0 Å². The van der Waals surface area contributed by atoms with Crippen LogP contribution in [0.2, 0.25) is 0 Å². The van der Waals surface area contributed by atoms with Gasteiger partial charge in [-0.3, -0.25) is 4.90 Å². The van der Waals surface area contributed by atoms with Crippen LogP contribution in [-0.2, 0) is 0 Å². The fourth-order valence-corrected chi connectivity index (χ4v) is 2.61. The van der Waals surface area contributed by atoms with Crippen molar-refractivity contribution in [2.24, 2.45) is 5.73 Å². The maximum absolute atomic E-state index is 5.54. The predicted octanol–water partition coefficient (Wildman–Crippen LogP) is 2.56. The first-order valence-corrected chi connectivity index (χ1v) is 6.41. The zero-order chi connectivity index (χ0) is 11.2. The fourth-order valence-electron chi connectivity index (χ4n) is 2.61. The van der Waals surface area contributed by atoms with E-state index in [1.165, 1.54) is 37.9 Å². The maximum atomic E-state index is 5.54. The molecule has 2 N–H and O–H groups in total. The van der Waals surface area contributed by atoms with Crippen molar-refractivity contribution in [1.82, 2.24) is 4.90 Å². The lowest BCUT2D eigenvalue weighted by Gasteiger charge is -2.24. The Morgan fingerprint density at radius 2 is 2.00 bits per heavy atom. The molecule has 1 unspecified atom stereocenters. The highest BCUT2D eigenvalue weighted by molar-refractivity contribution is 5.19. The third-order valence-electron chi connectivity index (χ3n) is 3.45. The van der Waals surface area contributed by atoms with Crippen LogP contribution in [0.5, 0.6) is 0 Å². The van der Waals surface area contributed by atoms with E-state index in [0.29, 0.717) is 6.04 Å². The van der Waals surface area contributed by atoms with Crippen LogP contribution in [0.15, 0.2) is 30.3 Å². The van der Waals surface area contributed by atoms with Crippen LogP contribution >= 0.6 is 0 Å². The molecule has 0 spiro atoms. The minimum absolute atomic E-state index is 0.652. The van der Waals surface area contributed by atoms with Crippen molar-refractivity contribution in [2.45, 2.75) is 31.7 Å². The number of hydrogen-bond donors (Lipinski definition) is 1. The largest absolute Gasteiger partial charge is 0.330 e. The molecule has 1 aliphatic rings. The molecule has 0 aromatic heterocycles. The highest BCUT2D eigenvalue weighted by Gasteiger charge is 2.24. The monoisotopic (exact) mass is 218 g/mol. The highest BCUT2D eigenvalue weighted by Crippen LogP contribution is 2.31. The van der Waals surface area contributed by atoms with E-state index in [2.05, 4.69) is 35.2 Å². The Morgan fingerprint density at radius 1 is 1.19 bits per heavy atom.